The molecule has 0 aliphatic carbocycles. The summed E-state index contributed by atoms with van der Waals surface area (Å²) in [5.74, 6) is 0.522. The van der Waals surface area contributed by atoms with Gasteiger partial charge in [0.15, 0.2) is 0 Å². The predicted octanol–water partition coefficient (Wildman–Crippen LogP) is 0.132. The first-order chi connectivity index (χ1) is 3.29. The fourth-order valence-corrected chi connectivity index (χ4v) is 1.13. The largest absolute Gasteiger partial charge is 0.311 e. The molecule has 5 heteroatoms. The molecular weight excluding hydrogens is 194 g/mol. The van der Waals surface area contributed by atoms with Crippen LogP contribution in [0.15, 0.2) is 0 Å². The van der Waals surface area contributed by atoms with Gasteiger partial charge in [0, 0.05) is 17.1 Å². The van der Waals surface area contributed by atoms with E-state index in [4.69, 9.17) is 0 Å². The van der Waals surface area contributed by atoms with Crippen molar-refractivity contribution < 1.29 is 21.9 Å². The Morgan fingerprint density at radius 2 is 2.38 bits per heavy atom. The molecule has 0 aromatic heterocycles. The fourth-order valence-electron chi connectivity index (χ4n) is 0.317. The van der Waals surface area contributed by atoms with Crippen molar-refractivity contribution in [2.75, 3.05) is 5.75 Å². The SMILES string of the molecule is O=C1CSC(=S)N1.[Cu]. The molecule has 1 heterocycles. The van der Waals surface area contributed by atoms with Crippen LogP contribution in [0, 0.1) is 0 Å². The molecule has 1 N–H and O–H groups in total. The van der Waals surface area contributed by atoms with Crippen molar-refractivity contribution in [3.05, 3.63) is 0 Å². The van der Waals surface area contributed by atoms with Crippen molar-refractivity contribution in [3.8, 4) is 0 Å². The molecule has 1 aliphatic rings. The van der Waals surface area contributed by atoms with E-state index in [1.54, 1.807) is 0 Å². The summed E-state index contributed by atoms with van der Waals surface area (Å²) >= 11 is 6.00. The van der Waals surface area contributed by atoms with E-state index in [1.165, 1.54) is 11.8 Å². The van der Waals surface area contributed by atoms with Crippen molar-refractivity contribution in [2.45, 2.75) is 0 Å². The van der Waals surface area contributed by atoms with Gasteiger partial charge < -0.3 is 5.32 Å². The van der Waals surface area contributed by atoms with E-state index < -0.39 is 0 Å². The summed E-state index contributed by atoms with van der Waals surface area (Å²) in [6, 6.07) is 0. The normalized spacial score (nSPS) is 17.5. The molecule has 0 atom stereocenters. The van der Waals surface area contributed by atoms with Gasteiger partial charge in [-0.2, -0.15) is 0 Å². The Bertz CT molecular complexity index is 112. The van der Waals surface area contributed by atoms with Crippen LogP contribution >= 0.6 is 24.0 Å². The summed E-state index contributed by atoms with van der Waals surface area (Å²) in [5, 5.41) is 2.47. The average molecular weight is 197 g/mol. The van der Waals surface area contributed by atoms with E-state index in [-0.39, 0.29) is 23.0 Å². The first-order valence-corrected chi connectivity index (χ1v) is 3.15. The maximum Gasteiger partial charge on any atom is 0.235 e. The van der Waals surface area contributed by atoms with Crippen molar-refractivity contribution in [1.29, 1.82) is 0 Å². The van der Waals surface area contributed by atoms with Crippen molar-refractivity contribution in [1.82, 2.24) is 5.32 Å². The van der Waals surface area contributed by atoms with Crippen LogP contribution in [0.1, 0.15) is 0 Å². The number of amides is 1. The number of hydrogen-bond donors (Lipinski definition) is 1. The second kappa shape index (κ2) is 3.45. The summed E-state index contributed by atoms with van der Waals surface area (Å²) in [7, 11) is 0. The van der Waals surface area contributed by atoms with Crippen molar-refractivity contribution >= 4 is 34.2 Å². The molecule has 1 saturated heterocycles. The molecule has 0 spiro atoms. The summed E-state index contributed by atoms with van der Waals surface area (Å²) < 4.78 is 0.602. The molecule has 8 heavy (non-hydrogen) atoms. The maximum absolute atomic E-state index is 10.2. The zero-order valence-electron chi connectivity index (χ0n) is 3.73. The van der Waals surface area contributed by atoms with Gasteiger partial charge in [0.25, 0.3) is 0 Å². The standard InChI is InChI=1S/C3H3NOS2.Cu/c5-2-1-7-3(6)4-2;/h1H2,(H,4,5,6);. The van der Waals surface area contributed by atoms with Gasteiger partial charge in [-0.25, -0.2) is 0 Å². The van der Waals surface area contributed by atoms with E-state index in [2.05, 4.69) is 17.5 Å². The molecule has 0 saturated carbocycles. The van der Waals surface area contributed by atoms with E-state index in [0.29, 0.717) is 10.1 Å². The Labute approximate surface area is 67.3 Å². The van der Waals surface area contributed by atoms with Gasteiger partial charge in [0.2, 0.25) is 5.91 Å². The number of carbonyl (C=O) groups is 1. The summed E-state index contributed by atoms with van der Waals surface area (Å²) in [6.07, 6.45) is 0. The van der Waals surface area contributed by atoms with Gasteiger partial charge in [-0.1, -0.05) is 24.0 Å². The van der Waals surface area contributed by atoms with Gasteiger partial charge in [0.1, 0.15) is 4.32 Å². The van der Waals surface area contributed by atoms with Crippen LogP contribution < -0.4 is 5.32 Å². The van der Waals surface area contributed by atoms with Gasteiger partial charge >= 0.3 is 0 Å². The van der Waals surface area contributed by atoms with E-state index in [9.17, 15) is 4.79 Å². The number of nitrogens with one attached hydrogen (secondary N) is 1. The Morgan fingerprint density at radius 3 is 2.50 bits per heavy atom. The molecule has 2 nitrogen and oxygen atoms in total. The molecule has 0 aromatic rings. The van der Waals surface area contributed by atoms with Gasteiger partial charge in [0.05, 0.1) is 5.75 Å². The summed E-state index contributed by atoms with van der Waals surface area (Å²) in [5.41, 5.74) is 0. The second-order valence-corrected chi connectivity index (χ2v) is 2.78. The third-order valence-electron chi connectivity index (χ3n) is 0.576. The summed E-state index contributed by atoms with van der Waals surface area (Å²) in [4.78, 5) is 10.2. The zero-order valence-corrected chi connectivity index (χ0v) is 6.31. The molecule has 1 aliphatic heterocycles. The Kier molecular flexibility index (Phi) is 3.64. The van der Waals surface area contributed by atoms with E-state index in [1.807, 2.05) is 0 Å². The predicted molar refractivity (Wildman–Crippen MR) is 33.2 cm³/mol. The van der Waals surface area contributed by atoms with Crippen LogP contribution in [-0.2, 0) is 21.9 Å². The molecule has 1 radical (unpaired) electrons. The van der Waals surface area contributed by atoms with Crippen LogP contribution in [0.2, 0.25) is 0 Å². The van der Waals surface area contributed by atoms with Gasteiger partial charge in [-0.3, -0.25) is 4.79 Å². The minimum atomic E-state index is 0. The first kappa shape index (κ1) is 8.43. The average Bonchev–Trinajstić information content (AvgIpc) is 1.87. The summed E-state index contributed by atoms with van der Waals surface area (Å²) in [6.45, 7) is 0. The molecule has 0 bridgehead atoms. The van der Waals surface area contributed by atoms with Crippen LogP contribution in [0.4, 0.5) is 0 Å². The van der Waals surface area contributed by atoms with E-state index in [0.717, 1.165) is 0 Å². The van der Waals surface area contributed by atoms with Crippen LogP contribution in [0.3, 0.4) is 0 Å². The molecule has 1 rings (SSSR count). The third-order valence-corrected chi connectivity index (χ3v) is 1.80. The Morgan fingerprint density at radius 1 is 1.75 bits per heavy atom. The molecule has 0 unspecified atom stereocenters. The van der Waals surface area contributed by atoms with Crippen LogP contribution in [-0.4, -0.2) is 16.0 Å². The number of hydrogen-bond acceptors (Lipinski definition) is 3. The van der Waals surface area contributed by atoms with Crippen molar-refractivity contribution in [3.63, 3.8) is 0 Å². The van der Waals surface area contributed by atoms with Gasteiger partial charge in [-0.05, 0) is 0 Å². The third kappa shape index (κ3) is 2.13. The molecule has 1 fully saturated rings. The van der Waals surface area contributed by atoms with E-state index >= 15 is 0 Å². The smallest absolute Gasteiger partial charge is 0.235 e. The van der Waals surface area contributed by atoms with Crippen molar-refractivity contribution in [2.24, 2.45) is 0 Å². The number of thioether (sulfide) groups is 1. The Balaban J connectivity index is 0.000000490. The molecular formula is C3H3CuNOS2. The number of rotatable bonds is 0. The quantitative estimate of drug-likeness (QED) is 0.441. The Hall–Kier alpha value is 0.429. The molecule has 1 amide bonds. The maximum atomic E-state index is 10.2. The number of thiocarbonyl (C=S) groups is 1. The fraction of sp³-hybridized carbons (Fsp3) is 0.333. The minimum absolute atomic E-state index is 0. The topological polar surface area (TPSA) is 29.1 Å². The van der Waals surface area contributed by atoms with Gasteiger partial charge in [-0.15, -0.1) is 0 Å². The zero-order chi connectivity index (χ0) is 5.28. The number of carbonyl (C=O) groups excluding carboxylic acids is 1. The van der Waals surface area contributed by atoms with Crippen LogP contribution in [0.5, 0.6) is 0 Å². The molecule has 49 valence electrons. The van der Waals surface area contributed by atoms with Crippen LogP contribution in [0.25, 0.3) is 0 Å². The second-order valence-electron chi connectivity index (χ2n) is 1.12. The molecule has 0 aromatic carbocycles. The monoisotopic (exact) mass is 196 g/mol. The minimum Gasteiger partial charge on any atom is -0.311 e. The first-order valence-electron chi connectivity index (χ1n) is 1.75.